The van der Waals surface area contributed by atoms with Crippen LogP contribution in [0, 0.1) is 7.14 Å². The van der Waals surface area contributed by atoms with E-state index in [-0.39, 0.29) is 11.6 Å². The summed E-state index contributed by atoms with van der Waals surface area (Å²) in [6.07, 6.45) is 0. The first-order chi connectivity index (χ1) is 10.5. The summed E-state index contributed by atoms with van der Waals surface area (Å²) in [7, 11) is 3.00. The second-order valence-electron chi connectivity index (χ2n) is 4.66. The van der Waals surface area contributed by atoms with Gasteiger partial charge in [-0.3, -0.25) is 9.59 Å². The molecule has 1 aliphatic rings. The van der Waals surface area contributed by atoms with Crippen LogP contribution < -0.4 is 9.47 Å². The molecule has 0 aliphatic heterocycles. The second-order valence-corrected chi connectivity index (χ2v) is 6.99. The van der Waals surface area contributed by atoms with Crippen molar-refractivity contribution in [2.45, 2.75) is 0 Å². The fourth-order valence-electron chi connectivity index (χ4n) is 2.61. The van der Waals surface area contributed by atoms with Crippen molar-refractivity contribution in [3.05, 3.63) is 53.7 Å². The molecule has 2 aromatic rings. The summed E-state index contributed by atoms with van der Waals surface area (Å²) >= 11 is 4.18. The van der Waals surface area contributed by atoms with Gasteiger partial charge in [0.05, 0.1) is 32.5 Å². The Hall–Kier alpha value is -1.16. The third-order valence-electron chi connectivity index (χ3n) is 3.57. The Morgan fingerprint density at radius 3 is 1.41 bits per heavy atom. The largest absolute Gasteiger partial charge is 0.495 e. The van der Waals surface area contributed by atoms with Crippen LogP contribution in [0.2, 0.25) is 0 Å². The van der Waals surface area contributed by atoms with Crippen LogP contribution in [0.4, 0.5) is 0 Å². The summed E-state index contributed by atoms with van der Waals surface area (Å²) in [6.45, 7) is 0. The van der Waals surface area contributed by atoms with E-state index in [2.05, 4.69) is 45.2 Å². The van der Waals surface area contributed by atoms with Gasteiger partial charge in [-0.05, 0) is 69.4 Å². The van der Waals surface area contributed by atoms with E-state index >= 15 is 0 Å². The summed E-state index contributed by atoms with van der Waals surface area (Å²) in [6, 6.07) is 6.88. The number of halogens is 2. The number of carbonyl (C=O) groups excluding carboxylic acids is 2. The summed E-state index contributed by atoms with van der Waals surface area (Å²) in [5.41, 5.74) is 1.37. The van der Waals surface area contributed by atoms with Gasteiger partial charge >= 0.3 is 0 Å². The molecule has 6 heteroatoms. The smallest absolute Gasteiger partial charge is 0.198 e. The van der Waals surface area contributed by atoms with Gasteiger partial charge in [0.1, 0.15) is 11.5 Å². The highest BCUT2D eigenvalue weighted by atomic mass is 127. The first-order valence-electron chi connectivity index (χ1n) is 6.33. The Morgan fingerprint density at radius 2 is 1.09 bits per heavy atom. The minimum absolute atomic E-state index is 0.213. The van der Waals surface area contributed by atoms with E-state index in [1.807, 2.05) is 0 Å². The molecule has 0 saturated carbocycles. The average molecular weight is 520 g/mol. The topological polar surface area (TPSA) is 52.6 Å². The molecular formula is C16H10I2O4. The number of rotatable bonds is 2. The lowest BCUT2D eigenvalue weighted by Gasteiger charge is -2.22. The van der Waals surface area contributed by atoms with Gasteiger partial charge in [0, 0.05) is 11.1 Å². The molecule has 0 fully saturated rings. The van der Waals surface area contributed by atoms with Gasteiger partial charge in [-0.1, -0.05) is 0 Å². The van der Waals surface area contributed by atoms with Crippen molar-refractivity contribution >= 4 is 56.7 Å². The molecule has 1 aliphatic carbocycles. The standard InChI is InChI=1S/C16H10I2O4/c1-21-15-9(17)5-3-7-11(15)13(19)8-4-6-10(18)16(22-2)12(8)14(7)20/h3-6H,1-2H3. The fourth-order valence-corrected chi connectivity index (χ4v) is 3.95. The van der Waals surface area contributed by atoms with Crippen molar-refractivity contribution in [1.82, 2.24) is 0 Å². The van der Waals surface area contributed by atoms with Crippen molar-refractivity contribution in [2.24, 2.45) is 0 Å². The van der Waals surface area contributed by atoms with Gasteiger partial charge in [-0.15, -0.1) is 0 Å². The maximum atomic E-state index is 12.9. The minimum Gasteiger partial charge on any atom is -0.495 e. The van der Waals surface area contributed by atoms with Crippen LogP contribution in [-0.2, 0) is 0 Å². The van der Waals surface area contributed by atoms with Crippen LogP contribution in [0.25, 0.3) is 0 Å². The molecule has 0 aromatic heterocycles. The molecule has 0 N–H and O–H groups in total. The first kappa shape index (κ1) is 15.7. The summed E-state index contributed by atoms with van der Waals surface area (Å²) in [5, 5.41) is 0. The van der Waals surface area contributed by atoms with Crippen LogP contribution in [0.15, 0.2) is 24.3 Å². The molecular weight excluding hydrogens is 510 g/mol. The number of ketones is 2. The Bertz CT molecular complexity index is 758. The Balaban J connectivity index is 2.37. The van der Waals surface area contributed by atoms with E-state index in [1.165, 1.54) is 14.2 Å². The summed E-state index contributed by atoms with van der Waals surface area (Å²) < 4.78 is 12.3. The van der Waals surface area contributed by atoms with Gasteiger partial charge in [-0.25, -0.2) is 0 Å². The molecule has 112 valence electrons. The maximum absolute atomic E-state index is 12.9. The van der Waals surface area contributed by atoms with Crippen molar-refractivity contribution in [2.75, 3.05) is 14.2 Å². The van der Waals surface area contributed by atoms with Crippen molar-refractivity contribution in [3.8, 4) is 11.5 Å². The zero-order valence-corrected chi connectivity index (χ0v) is 16.0. The molecule has 4 nitrogen and oxygen atoms in total. The Kier molecular flexibility index (Phi) is 4.15. The predicted molar refractivity (Wildman–Crippen MR) is 98.3 cm³/mol. The monoisotopic (exact) mass is 520 g/mol. The van der Waals surface area contributed by atoms with Gasteiger partial charge in [0.25, 0.3) is 0 Å². The van der Waals surface area contributed by atoms with Gasteiger partial charge in [-0.2, -0.15) is 0 Å². The lowest BCUT2D eigenvalue weighted by molar-refractivity contribution is 0.0973. The zero-order chi connectivity index (χ0) is 16.0. The molecule has 0 heterocycles. The highest BCUT2D eigenvalue weighted by Crippen LogP contribution is 2.40. The fraction of sp³-hybridized carbons (Fsp3) is 0.125. The molecule has 0 radical (unpaired) electrons. The number of hydrogen-bond acceptors (Lipinski definition) is 4. The Morgan fingerprint density at radius 1 is 0.727 bits per heavy atom. The van der Waals surface area contributed by atoms with Crippen LogP contribution in [-0.4, -0.2) is 25.8 Å². The number of benzene rings is 2. The first-order valence-corrected chi connectivity index (χ1v) is 8.49. The van der Waals surface area contributed by atoms with Gasteiger partial charge in [0.2, 0.25) is 0 Å². The quantitative estimate of drug-likeness (QED) is 0.485. The highest BCUT2D eigenvalue weighted by Gasteiger charge is 2.36. The molecule has 0 amide bonds. The van der Waals surface area contributed by atoms with Crippen molar-refractivity contribution in [1.29, 1.82) is 0 Å². The lowest BCUT2D eigenvalue weighted by Crippen LogP contribution is -2.23. The molecule has 0 spiro atoms. The van der Waals surface area contributed by atoms with Crippen LogP contribution in [0.1, 0.15) is 31.8 Å². The molecule has 0 bridgehead atoms. The molecule has 22 heavy (non-hydrogen) atoms. The number of hydrogen-bond donors (Lipinski definition) is 0. The SMILES string of the molecule is COc1c(I)ccc2c1C(=O)c1ccc(I)c(OC)c1C2=O. The van der Waals surface area contributed by atoms with E-state index in [0.29, 0.717) is 33.8 Å². The number of methoxy groups -OCH3 is 2. The summed E-state index contributed by atoms with van der Waals surface area (Å²) in [5.74, 6) is 0.462. The predicted octanol–water partition coefficient (Wildman–Crippen LogP) is 3.69. The van der Waals surface area contributed by atoms with E-state index in [1.54, 1.807) is 24.3 Å². The third-order valence-corrected chi connectivity index (χ3v) is 5.27. The van der Waals surface area contributed by atoms with E-state index in [4.69, 9.17) is 9.47 Å². The number of carbonyl (C=O) groups is 2. The van der Waals surface area contributed by atoms with Crippen LogP contribution in [0.5, 0.6) is 11.5 Å². The Labute approximate surface area is 154 Å². The third kappa shape index (κ3) is 2.15. The maximum Gasteiger partial charge on any atom is 0.198 e. The normalized spacial score (nSPS) is 12.7. The van der Waals surface area contributed by atoms with E-state index in [0.717, 1.165) is 7.14 Å². The molecule has 0 unspecified atom stereocenters. The van der Waals surface area contributed by atoms with Crippen LogP contribution >= 0.6 is 45.2 Å². The molecule has 0 saturated heterocycles. The van der Waals surface area contributed by atoms with Crippen molar-refractivity contribution in [3.63, 3.8) is 0 Å². The van der Waals surface area contributed by atoms with Crippen LogP contribution in [0.3, 0.4) is 0 Å². The summed E-state index contributed by atoms with van der Waals surface area (Å²) in [4.78, 5) is 25.7. The van der Waals surface area contributed by atoms with Gasteiger partial charge in [0.15, 0.2) is 11.6 Å². The van der Waals surface area contributed by atoms with E-state index in [9.17, 15) is 9.59 Å². The van der Waals surface area contributed by atoms with E-state index < -0.39 is 0 Å². The molecule has 3 rings (SSSR count). The molecule has 2 aromatic carbocycles. The van der Waals surface area contributed by atoms with Crippen molar-refractivity contribution < 1.29 is 19.1 Å². The minimum atomic E-state index is -0.213. The number of fused-ring (bicyclic) bond motifs is 2. The zero-order valence-electron chi connectivity index (χ0n) is 11.7. The lowest BCUT2D eigenvalue weighted by atomic mass is 9.83. The number of ether oxygens (including phenoxy) is 2. The highest BCUT2D eigenvalue weighted by molar-refractivity contribution is 14.1. The second kappa shape index (κ2) is 5.80. The molecule has 0 atom stereocenters. The van der Waals surface area contributed by atoms with Gasteiger partial charge < -0.3 is 9.47 Å². The average Bonchev–Trinajstić information content (AvgIpc) is 2.51.